The van der Waals surface area contributed by atoms with Crippen molar-refractivity contribution < 1.29 is 9.47 Å². The molecule has 3 N–H and O–H groups in total. The van der Waals surface area contributed by atoms with Gasteiger partial charge in [0.2, 0.25) is 0 Å². The highest BCUT2D eigenvalue weighted by Gasteiger charge is 2.22. The molecule has 1 aromatic rings. The lowest BCUT2D eigenvalue weighted by Crippen LogP contribution is -2.43. The van der Waals surface area contributed by atoms with E-state index in [2.05, 4.69) is 18.7 Å². The Bertz CT molecular complexity index is 456. The summed E-state index contributed by atoms with van der Waals surface area (Å²) in [6, 6.07) is 5.25. The van der Waals surface area contributed by atoms with E-state index in [0.29, 0.717) is 23.7 Å². The molecule has 0 bridgehead atoms. The molecule has 0 radical (unpaired) electrons. The lowest BCUT2D eigenvalue weighted by molar-refractivity contribution is 0.113. The van der Waals surface area contributed by atoms with Crippen molar-refractivity contribution in [3.8, 4) is 11.5 Å². The summed E-state index contributed by atoms with van der Waals surface area (Å²) < 4.78 is 11.0. The fraction of sp³-hybridized carbons (Fsp3) is 0.500. The van der Waals surface area contributed by atoms with Gasteiger partial charge >= 0.3 is 0 Å². The molecule has 0 saturated carbocycles. The Kier molecular flexibility index (Phi) is 4.78. The first-order chi connectivity index (χ1) is 8.77. The molecular weight excluding hydrogens is 242 g/mol. The van der Waals surface area contributed by atoms with Gasteiger partial charge in [0.1, 0.15) is 23.9 Å². The number of hydrogen-bond acceptors (Lipinski definition) is 4. The number of nitrogen functional groups attached to an aromatic ring is 1. The number of benzene rings is 1. The van der Waals surface area contributed by atoms with E-state index in [1.807, 2.05) is 14.1 Å². The third kappa shape index (κ3) is 3.86. The molecule has 0 aliphatic carbocycles. The number of nitrogens with two attached hydrogens (primary N) is 1. The summed E-state index contributed by atoms with van der Waals surface area (Å²) in [4.78, 5) is 2.08. The standard InChI is InChI=1S/C14H23N3O2/c1-14(2,17(3)4)9-19-12-8-10(18-5)6-7-11(12)13(15)16/h6-8H,9H2,1-5H3,(H3,15,16). The molecule has 0 amide bonds. The molecule has 1 rings (SSSR count). The number of amidine groups is 1. The maximum Gasteiger partial charge on any atom is 0.133 e. The molecule has 106 valence electrons. The van der Waals surface area contributed by atoms with Crippen LogP contribution in [0, 0.1) is 5.41 Å². The Hall–Kier alpha value is -1.75. The van der Waals surface area contributed by atoms with Crippen LogP contribution in [-0.4, -0.2) is 44.1 Å². The van der Waals surface area contributed by atoms with Gasteiger partial charge in [-0.25, -0.2) is 0 Å². The summed E-state index contributed by atoms with van der Waals surface area (Å²) in [6.45, 7) is 4.66. The summed E-state index contributed by atoms with van der Waals surface area (Å²) >= 11 is 0. The maximum atomic E-state index is 7.57. The van der Waals surface area contributed by atoms with Crippen LogP contribution in [0.3, 0.4) is 0 Å². The van der Waals surface area contributed by atoms with E-state index in [4.69, 9.17) is 20.6 Å². The molecule has 0 atom stereocenters. The van der Waals surface area contributed by atoms with Crippen molar-refractivity contribution in [1.29, 1.82) is 5.41 Å². The van der Waals surface area contributed by atoms with Gasteiger partial charge in [-0.15, -0.1) is 0 Å². The predicted molar refractivity (Wildman–Crippen MR) is 77.3 cm³/mol. The Morgan fingerprint density at radius 1 is 1.37 bits per heavy atom. The minimum absolute atomic E-state index is 0.0136. The summed E-state index contributed by atoms with van der Waals surface area (Å²) in [5.41, 5.74) is 6.02. The highest BCUT2D eigenvalue weighted by molar-refractivity contribution is 5.97. The fourth-order valence-electron chi connectivity index (χ4n) is 1.36. The van der Waals surface area contributed by atoms with Crippen LogP contribution in [0.2, 0.25) is 0 Å². The van der Waals surface area contributed by atoms with Crippen LogP contribution in [-0.2, 0) is 0 Å². The van der Waals surface area contributed by atoms with Crippen LogP contribution in [0.1, 0.15) is 19.4 Å². The summed E-state index contributed by atoms with van der Waals surface area (Å²) in [7, 11) is 5.60. The molecule has 19 heavy (non-hydrogen) atoms. The molecule has 0 aliphatic heterocycles. The number of rotatable bonds is 6. The quantitative estimate of drug-likeness (QED) is 0.606. The Morgan fingerprint density at radius 3 is 2.47 bits per heavy atom. The van der Waals surface area contributed by atoms with Crippen molar-refractivity contribution >= 4 is 5.84 Å². The summed E-state index contributed by atoms with van der Waals surface area (Å²) in [5.74, 6) is 1.24. The van der Waals surface area contributed by atoms with Crippen molar-refractivity contribution in [2.45, 2.75) is 19.4 Å². The average Bonchev–Trinajstić information content (AvgIpc) is 2.35. The van der Waals surface area contributed by atoms with Gasteiger partial charge in [0, 0.05) is 11.6 Å². The minimum atomic E-state index is -0.114. The van der Waals surface area contributed by atoms with Gasteiger partial charge in [-0.1, -0.05) is 0 Å². The second-order valence-corrected chi connectivity index (χ2v) is 5.27. The maximum absolute atomic E-state index is 7.57. The van der Waals surface area contributed by atoms with Crippen molar-refractivity contribution in [2.75, 3.05) is 27.8 Å². The molecule has 0 aliphatic rings. The first kappa shape index (κ1) is 15.3. The van der Waals surface area contributed by atoms with Crippen LogP contribution in [0.25, 0.3) is 0 Å². The topological polar surface area (TPSA) is 71.6 Å². The van der Waals surface area contributed by atoms with Crippen LogP contribution in [0.5, 0.6) is 11.5 Å². The fourth-order valence-corrected chi connectivity index (χ4v) is 1.36. The third-order valence-corrected chi connectivity index (χ3v) is 3.27. The van der Waals surface area contributed by atoms with Crippen molar-refractivity contribution in [3.05, 3.63) is 23.8 Å². The molecule has 1 aromatic carbocycles. The molecule has 0 spiro atoms. The van der Waals surface area contributed by atoms with E-state index in [1.165, 1.54) is 0 Å². The van der Waals surface area contributed by atoms with Gasteiger partial charge in [0.15, 0.2) is 0 Å². The smallest absolute Gasteiger partial charge is 0.133 e. The number of ether oxygens (including phenoxy) is 2. The van der Waals surface area contributed by atoms with Gasteiger partial charge in [-0.05, 0) is 40.1 Å². The lowest BCUT2D eigenvalue weighted by atomic mass is 10.1. The predicted octanol–water partition coefficient (Wildman–Crippen LogP) is 1.70. The van der Waals surface area contributed by atoms with Crippen LogP contribution in [0.4, 0.5) is 0 Å². The third-order valence-electron chi connectivity index (χ3n) is 3.27. The summed E-state index contributed by atoms with van der Waals surface area (Å²) in [5, 5.41) is 7.57. The van der Waals surface area contributed by atoms with E-state index in [0.717, 1.165) is 0 Å². The highest BCUT2D eigenvalue weighted by Crippen LogP contribution is 2.25. The van der Waals surface area contributed by atoms with E-state index in [1.54, 1.807) is 25.3 Å². The second kappa shape index (κ2) is 5.93. The summed E-state index contributed by atoms with van der Waals surface area (Å²) in [6.07, 6.45) is 0. The SMILES string of the molecule is COc1ccc(C(=N)N)c(OCC(C)(C)N(C)C)c1. The number of methoxy groups -OCH3 is 1. The second-order valence-electron chi connectivity index (χ2n) is 5.27. The zero-order chi connectivity index (χ0) is 14.6. The number of likely N-dealkylation sites (N-methyl/N-ethyl adjacent to an activating group) is 1. The first-order valence-electron chi connectivity index (χ1n) is 6.10. The number of nitrogens with zero attached hydrogens (tertiary/aromatic N) is 1. The van der Waals surface area contributed by atoms with E-state index in [-0.39, 0.29) is 11.4 Å². The molecule has 5 nitrogen and oxygen atoms in total. The highest BCUT2D eigenvalue weighted by atomic mass is 16.5. The zero-order valence-electron chi connectivity index (χ0n) is 12.3. The zero-order valence-corrected chi connectivity index (χ0v) is 12.3. The van der Waals surface area contributed by atoms with Crippen molar-refractivity contribution in [1.82, 2.24) is 4.90 Å². The monoisotopic (exact) mass is 265 g/mol. The first-order valence-corrected chi connectivity index (χ1v) is 6.10. The van der Waals surface area contributed by atoms with Gasteiger partial charge in [-0.3, -0.25) is 5.41 Å². The van der Waals surface area contributed by atoms with Gasteiger partial charge in [-0.2, -0.15) is 0 Å². The Labute approximate surface area is 114 Å². The molecule has 0 saturated heterocycles. The van der Waals surface area contributed by atoms with E-state index >= 15 is 0 Å². The Morgan fingerprint density at radius 2 is 2.00 bits per heavy atom. The largest absolute Gasteiger partial charge is 0.497 e. The molecule has 0 fully saturated rings. The van der Waals surface area contributed by atoms with Gasteiger partial charge in [0.05, 0.1) is 12.7 Å². The van der Waals surface area contributed by atoms with Gasteiger partial charge in [0.25, 0.3) is 0 Å². The number of nitrogens with one attached hydrogen (secondary N) is 1. The van der Waals surface area contributed by atoms with Crippen LogP contribution < -0.4 is 15.2 Å². The molecule has 0 heterocycles. The molecule has 0 unspecified atom stereocenters. The molecule has 0 aromatic heterocycles. The van der Waals surface area contributed by atoms with E-state index < -0.39 is 0 Å². The average molecular weight is 265 g/mol. The molecule has 5 heteroatoms. The van der Waals surface area contributed by atoms with Crippen LogP contribution in [0.15, 0.2) is 18.2 Å². The Balaban J connectivity index is 2.95. The lowest BCUT2D eigenvalue weighted by Gasteiger charge is -2.32. The van der Waals surface area contributed by atoms with Crippen LogP contribution >= 0.6 is 0 Å². The minimum Gasteiger partial charge on any atom is -0.497 e. The number of hydrogen-bond donors (Lipinski definition) is 2. The molecular formula is C14H23N3O2. The van der Waals surface area contributed by atoms with Crippen molar-refractivity contribution in [3.63, 3.8) is 0 Å². The van der Waals surface area contributed by atoms with Gasteiger partial charge < -0.3 is 20.1 Å². The normalized spacial score (nSPS) is 11.5. The van der Waals surface area contributed by atoms with Crippen molar-refractivity contribution in [2.24, 2.45) is 5.73 Å². The van der Waals surface area contributed by atoms with E-state index in [9.17, 15) is 0 Å².